The van der Waals surface area contributed by atoms with E-state index in [9.17, 15) is 5.11 Å². The number of aliphatic hydroxyl groups excluding tert-OH is 1. The van der Waals surface area contributed by atoms with E-state index < -0.39 is 0 Å². The summed E-state index contributed by atoms with van der Waals surface area (Å²) in [5.74, 6) is 1.29. The average molecular weight is 155 g/mol. The van der Waals surface area contributed by atoms with E-state index in [1.165, 1.54) is 6.42 Å². The zero-order valence-corrected chi connectivity index (χ0v) is 7.25. The molecule has 0 aromatic rings. The third-order valence-electron chi connectivity index (χ3n) is 3.98. The number of rotatable bonds is 0. The molecule has 3 rings (SSSR count). The minimum Gasteiger partial charge on any atom is -0.391 e. The summed E-state index contributed by atoms with van der Waals surface area (Å²) in [5, 5.41) is 9.49. The van der Waals surface area contributed by atoms with Gasteiger partial charge in [-0.25, -0.2) is 0 Å². The lowest BCUT2D eigenvalue weighted by Gasteiger charge is -2.60. The number of nitrogens with two attached hydrogens (primary N) is 1. The van der Waals surface area contributed by atoms with Crippen LogP contribution in [-0.2, 0) is 0 Å². The van der Waals surface area contributed by atoms with Crippen molar-refractivity contribution >= 4 is 0 Å². The molecule has 0 amide bonds. The molecule has 0 aromatic carbocycles. The zero-order chi connectivity index (χ0) is 8.22. The Bertz CT molecular complexity index is 178. The van der Waals surface area contributed by atoms with E-state index in [0.717, 1.165) is 12.3 Å². The Hall–Kier alpha value is -0.0800. The maximum atomic E-state index is 9.49. The number of fused-ring (bicyclic) bond motifs is 2. The first-order valence-electron chi connectivity index (χ1n) is 4.47. The van der Waals surface area contributed by atoms with Gasteiger partial charge in [-0.15, -0.1) is 0 Å². The van der Waals surface area contributed by atoms with E-state index in [-0.39, 0.29) is 12.1 Å². The van der Waals surface area contributed by atoms with Crippen LogP contribution >= 0.6 is 0 Å². The highest BCUT2D eigenvalue weighted by Crippen LogP contribution is 2.58. The largest absolute Gasteiger partial charge is 0.391 e. The fraction of sp³-hybridized carbons (Fsp3) is 1.00. The quantitative estimate of drug-likeness (QED) is 0.542. The first kappa shape index (κ1) is 7.56. The van der Waals surface area contributed by atoms with Crippen molar-refractivity contribution in [3.8, 4) is 0 Å². The molecule has 2 nitrogen and oxygen atoms in total. The van der Waals surface area contributed by atoms with Crippen LogP contribution in [0.15, 0.2) is 0 Å². The molecule has 64 valence electrons. The van der Waals surface area contributed by atoms with Crippen LogP contribution in [0.1, 0.15) is 26.7 Å². The zero-order valence-electron chi connectivity index (χ0n) is 7.25. The Balaban J connectivity index is 2.17. The second-order valence-corrected chi connectivity index (χ2v) is 4.74. The Kier molecular flexibility index (Phi) is 1.37. The predicted molar refractivity (Wildman–Crippen MR) is 44.0 cm³/mol. The van der Waals surface area contributed by atoms with Gasteiger partial charge in [-0.2, -0.15) is 0 Å². The Labute approximate surface area is 67.8 Å². The lowest BCUT2D eigenvalue weighted by molar-refractivity contribution is -0.130. The Morgan fingerprint density at radius 3 is 2.36 bits per heavy atom. The van der Waals surface area contributed by atoms with Crippen LogP contribution in [0.25, 0.3) is 0 Å². The second kappa shape index (κ2) is 1.99. The smallest absolute Gasteiger partial charge is 0.0696 e. The molecule has 0 spiro atoms. The van der Waals surface area contributed by atoms with Crippen molar-refractivity contribution < 1.29 is 5.11 Å². The second-order valence-electron chi connectivity index (χ2n) is 4.74. The first-order valence-corrected chi connectivity index (χ1v) is 4.47. The minimum absolute atomic E-state index is 0.0370. The fourth-order valence-electron chi connectivity index (χ4n) is 2.83. The van der Waals surface area contributed by atoms with Gasteiger partial charge in [0, 0.05) is 6.04 Å². The van der Waals surface area contributed by atoms with Gasteiger partial charge in [0.25, 0.3) is 0 Å². The minimum atomic E-state index is -0.230. The van der Waals surface area contributed by atoms with Crippen molar-refractivity contribution in [1.82, 2.24) is 0 Å². The molecule has 0 unspecified atom stereocenters. The van der Waals surface area contributed by atoms with Gasteiger partial charge in [0.05, 0.1) is 6.10 Å². The first-order chi connectivity index (χ1) is 5.03. The molecule has 0 heterocycles. The van der Waals surface area contributed by atoms with Crippen LogP contribution in [0.3, 0.4) is 0 Å². The van der Waals surface area contributed by atoms with E-state index in [2.05, 4.69) is 13.8 Å². The van der Waals surface area contributed by atoms with Crippen molar-refractivity contribution in [2.24, 2.45) is 23.0 Å². The van der Waals surface area contributed by atoms with Crippen LogP contribution in [0.4, 0.5) is 0 Å². The summed E-state index contributed by atoms with van der Waals surface area (Å²) in [6.45, 7) is 4.55. The molecule has 11 heavy (non-hydrogen) atoms. The van der Waals surface area contributed by atoms with Gasteiger partial charge >= 0.3 is 0 Å². The van der Waals surface area contributed by atoms with E-state index in [1.54, 1.807) is 0 Å². The number of hydrogen-bond donors (Lipinski definition) is 2. The summed E-state index contributed by atoms with van der Waals surface area (Å²) >= 11 is 0. The summed E-state index contributed by atoms with van der Waals surface area (Å²) < 4.78 is 0. The molecule has 2 bridgehead atoms. The molecule has 3 fully saturated rings. The normalized spacial score (nSPS) is 53.5. The Morgan fingerprint density at radius 1 is 1.36 bits per heavy atom. The van der Waals surface area contributed by atoms with Crippen molar-refractivity contribution in [2.45, 2.75) is 38.8 Å². The summed E-state index contributed by atoms with van der Waals surface area (Å²) in [6.07, 6.45) is 1.93. The number of aliphatic hydroxyl groups is 1. The average Bonchev–Trinajstić information content (AvgIpc) is 1.93. The molecule has 3 aliphatic carbocycles. The molecule has 3 aliphatic rings. The van der Waals surface area contributed by atoms with Crippen molar-refractivity contribution in [3.05, 3.63) is 0 Å². The maximum absolute atomic E-state index is 9.49. The maximum Gasteiger partial charge on any atom is 0.0696 e. The Morgan fingerprint density at radius 2 is 2.00 bits per heavy atom. The van der Waals surface area contributed by atoms with Crippen molar-refractivity contribution in [1.29, 1.82) is 0 Å². The molecule has 3 N–H and O–H groups in total. The van der Waals surface area contributed by atoms with Crippen LogP contribution in [0, 0.1) is 17.3 Å². The van der Waals surface area contributed by atoms with Gasteiger partial charge in [-0.05, 0) is 30.1 Å². The fourth-order valence-corrected chi connectivity index (χ4v) is 2.83. The van der Waals surface area contributed by atoms with Gasteiger partial charge in [0.15, 0.2) is 0 Å². The highest BCUT2D eigenvalue weighted by atomic mass is 16.3. The standard InChI is InChI=1S/C9H17NO/c1-9(2)5-3-6(9)8(10)7(11)4-5/h5-8,11H,3-4,10H2,1-2H3/t5-,6+,7-,8+/m1/s1. The topological polar surface area (TPSA) is 46.2 Å². The molecule has 2 heteroatoms. The molecule has 0 aromatic heterocycles. The van der Waals surface area contributed by atoms with Gasteiger partial charge in [-0.1, -0.05) is 13.8 Å². The predicted octanol–water partition coefficient (Wildman–Crippen LogP) is 0.741. The third kappa shape index (κ3) is 0.798. The SMILES string of the molecule is CC1(C)[C@H]2C[C@@H](O)[C@@H](N)[C@@H]1C2. The highest BCUT2D eigenvalue weighted by molar-refractivity contribution is 5.08. The molecular formula is C9H17NO. The van der Waals surface area contributed by atoms with Gasteiger partial charge in [-0.3, -0.25) is 0 Å². The van der Waals surface area contributed by atoms with Crippen molar-refractivity contribution in [2.75, 3.05) is 0 Å². The third-order valence-corrected chi connectivity index (χ3v) is 3.98. The van der Waals surface area contributed by atoms with Gasteiger partial charge < -0.3 is 10.8 Å². The lowest BCUT2D eigenvalue weighted by Crippen LogP contribution is -2.63. The van der Waals surface area contributed by atoms with Crippen molar-refractivity contribution in [3.63, 3.8) is 0 Å². The molecule has 0 radical (unpaired) electrons. The van der Waals surface area contributed by atoms with Crippen LogP contribution in [-0.4, -0.2) is 17.3 Å². The monoisotopic (exact) mass is 155 g/mol. The molecule has 0 saturated heterocycles. The van der Waals surface area contributed by atoms with E-state index in [0.29, 0.717) is 11.3 Å². The summed E-state index contributed by atoms with van der Waals surface area (Å²) in [5.41, 5.74) is 6.29. The summed E-state index contributed by atoms with van der Waals surface area (Å²) in [7, 11) is 0. The van der Waals surface area contributed by atoms with Gasteiger partial charge in [0.2, 0.25) is 0 Å². The lowest BCUT2D eigenvalue weighted by atomic mass is 9.47. The molecule has 4 atom stereocenters. The summed E-state index contributed by atoms with van der Waals surface area (Å²) in [4.78, 5) is 0. The van der Waals surface area contributed by atoms with E-state index in [1.807, 2.05) is 0 Å². The molecular weight excluding hydrogens is 138 g/mol. The molecule has 3 saturated carbocycles. The highest BCUT2D eigenvalue weighted by Gasteiger charge is 2.56. The van der Waals surface area contributed by atoms with E-state index in [4.69, 9.17) is 5.73 Å². The molecule has 0 aliphatic heterocycles. The van der Waals surface area contributed by atoms with E-state index >= 15 is 0 Å². The van der Waals surface area contributed by atoms with Gasteiger partial charge in [0.1, 0.15) is 0 Å². The summed E-state index contributed by atoms with van der Waals surface area (Å²) in [6, 6.07) is 0.0370. The van der Waals surface area contributed by atoms with Crippen LogP contribution < -0.4 is 5.73 Å². The van der Waals surface area contributed by atoms with Crippen LogP contribution in [0.5, 0.6) is 0 Å². The number of hydrogen-bond acceptors (Lipinski definition) is 2. The van der Waals surface area contributed by atoms with Crippen LogP contribution in [0.2, 0.25) is 0 Å².